The van der Waals surface area contributed by atoms with Gasteiger partial charge in [0.1, 0.15) is 0 Å². The first kappa shape index (κ1) is 12.1. The number of hydrogen-bond donors (Lipinski definition) is 1. The van der Waals surface area contributed by atoms with Crippen LogP contribution in [0, 0.1) is 0 Å². The number of nitrogens with two attached hydrogens (primary N) is 1. The average molecular weight is 283 g/mol. The molecule has 1 aromatic rings. The third-order valence-electron chi connectivity index (χ3n) is 3.10. The lowest BCUT2D eigenvalue weighted by molar-refractivity contribution is 0.313. The number of rotatable bonds is 4. The maximum atomic E-state index is 6.17. The lowest BCUT2D eigenvalue weighted by Gasteiger charge is -2.20. The van der Waals surface area contributed by atoms with Crippen molar-refractivity contribution in [2.24, 2.45) is 5.73 Å². The Balaban J connectivity index is 1.81. The topological polar surface area (TPSA) is 29.3 Å². The van der Waals surface area contributed by atoms with Gasteiger partial charge in [-0.15, -0.1) is 0 Å². The summed E-state index contributed by atoms with van der Waals surface area (Å²) in [7, 11) is 0. The second-order valence-corrected chi connectivity index (χ2v) is 5.51. The molecule has 88 valence electrons. The second kappa shape index (κ2) is 5.80. The van der Waals surface area contributed by atoms with E-state index in [2.05, 4.69) is 45.1 Å². The summed E-state index contributed by atoms with van der Waals surface area (Å²) in [5.41, 5.74) is 7.50. The number of nitrogens with zero attached hydrogens (tertiary/aromatic N) is 1. The van der Waals surface area contributed by atoms with Gasteiger partial charge in [0.2, 0.25) is 0 Å². The molecule has 16 heavy (non-hydrogen) atoms. The van der Waals surface area contributed by atoms with E-state index in [1.54, 1.807) is 0 Å². The molecule has 0 spiro atoms. The van der Waals surface area contributed by atoms with Crippen molar-refractivity contribution >= 4 is 15.9 Å². The minimum absolute atomic E-state index is 0.263. The highest BCUT2D eigenvalue weighted by Crippen LogP contribution is 2.13. The molecule has 1 aliphatic rings. The molecule has 1 heterocycles. The predicted octanol–water partition coefficient (Wildman–Crippen LogP) is 2.41. The molecule has 0 saturated carbocycles. The smallest absolute Gasteiger partial charge is 0.0208 e. The largest absolute Gasteiger partial charge is 0.326 e. The zero-order valence-corrected chi connectivity index (χ0v) is 11.1. The standard InChI is InChI=1S/C13H19BrN2/c14-12-5-3-11(4-6-12)9-13(15)10-16-7-1-2-8-16/h3-6,13H,1-2,7-10,15H2. The van der Waals surface area contributed by atoms with Crippen LogP contribution in [-0.4, -0.2) is 30.6 Å². The van der Waals surface area contributed by atoms with Crippen LogP contribution in [0.25, 0.3) is 0 Å². The summed E-state index contributed by atoms with van der Waals surface area (Å²) in [6, 6.07) is 8.72. The van der Waals surface area contributed by atoms with Crippen molar-refractivity contribution in [3.05, 3.63) is 34.3 Å². The Hall–Kier alpha value is -0.380. The Bertz CT molecular complexity index is 317. The molecule has 1 fully saturated rings. The van der Waals surface area contributed by atoms with Crippen LogP contribution in [0.1, 0.15) is 18.4 Å². The lowest BCUT2D eigenvalue weighted by atomic mass is 10.1. The first-order valence-electron chi connectivity index (χ1n) is 5.96. The quantitative estimate of drug-likeness (QED) is 0.919. The molecule has 0 amide bonds. The van der Waals surface area contributed by atoms with Crippen LogP contribution in [0.15, 0.2) is 28.7 Å². The highest BCUT2D eigenvalue weighted by Gasteiger charge is 2.14. The zero-order chi connectivity index (χ0) is 11.4. The minimum Gasteiger partial charge on any atom is -0.326 e. The van der Waals surface area contributed by atoms with Crippen molar-refractivity contribution in [3.8, 4) is 0 Å². The van der Waals surface area contributed by atoms with Crippen LogP contribution in [0.5, 0.6) is 0 Å². The molecule has 2 N–H and O–H groups in total. The highest BCUT2D eigenvalue weighted by atomic mass is 79.9. The fourth-order valence-corrected chi connectivity index (χ4v) is 2.55. The van der Waals surface area contributed by atoms with Gasteiger partial charge < -0.3 is 10.6 Å². The van der Waals surface area contributed by atoms with E-state index in [1.807, 2.05) is 0 Å². The summed E-state index contributed by atoms with van der Waals surface area (Å²) in [5.74, 6) is 0. The van der Waals surface area contributed by atoms with E-state index < -0.39 is 0 Å². The molecule has 3 heteroatoms. The molecule has 1 saturated heterocycles. The van der Waals surface area contributed by atoms with Crippen molar-refractivity contribution in [1.82, 2.24) is 4.90 Å². The third-order valence-corrected chi connectivity index (χ3v) is 3.63. The average Bonchev–Trinajstić information content (AvgIpc) is 2.74. The van der Waals surface area contributed by atoms with Gasteiger partial charge in [0.25, 0.3) is 0 Å². The summed E-state index contributed by atoms with van der Waals surface area (Å²) in [5, 5.41) is 0. The van der Waals surface area contributed by atoms with Gasteiger partial charge in [-0.3, -0.25) is 0 Å². The van der Waals surface area contributed by atoms with Crippen molar-refractivity contribution < 1.29 is 0 Å². The van der Waals surface area contributed by atoms with Crippen LogP contribution in [-0.2, 0) is 6.42 Å². The molecule has 1 unspecified atom stereocenters. The van der Waals surface area contributed by atoms with Gasteiger partial charge in [-0.2, -0.15) is 0 Å². The third kappa shape index (κ3) is 3.58. The van der Waals surface area contributed by atoms with Crippen LogP contribution in [0.3, 0.4) is 0 Å². The van der Waals surface area contributed by atoms with E-state index in [0.29, 0.717) is 0 Å². The molecule has 0 bridgehead atoms. The number of benzene rings is 1. The summed E-state index contributed by atoms with van der Waals surface area (Å²) in [6.45, 7) is 3.50. The summed E-state index contributed by atoms with van der Waals surface area (Å²) >= 11 is 3.44. The van der Waals surface area contributed by atoms with E-state index in [4.69, 9.17) is 5.73 Å². The molecule has 0 aromatic heterocycles. The first-order valence-corrected chi connectivity index (χ1v) is 6.76. The Morgan fingerprint density at radius 3 is 2.44 bits per heavy atom. The summed E-state index contributed by atoms with van der Waals surface area (Å²) < 4.78 is 1.13. The SMILES string of the molecule is NC(Cc1ccc(Br)cc1)CN1CCCC1. The van der Waals surface area contributed by atoms with Crippen molar-refractivity contribution in [2.75, 3.05) is 19.6 Å². The van der Waals surface area contributed by atoms with Gasteiger partial charge in [0, 0.05) is 17.1 Å². The molecule has 2 nitrogen and oxygen atoms in total. The van der Waals surface area contributed by atoms with E-state index in [1.165, 1.54) is 31.5 Å². The minimum atomic E-state index is 0.263. The Morgan fingerprint density at radius 1 is 1.19 bits per heavy atom. The number of halogens is 1. The monoisotopic (exact) mass is 282 g/mol. The zero-order valence-electron chi connectivity index (χ0n) is 9.53. The van der Waals surface area contributed by atoms with Crippen LogP contribution >= 0.6 is 15.9 Å². The normalized spacial score (nSPS) is 18.9. The second-order valence-electron chi connectivity index (χ2n) is 4.60. The van der Waals surface area contributed by atoms with Gasteiger partial charge >= 0.3 is 0 Å². The number of hydrogen-bond acceptors (Lipinski definition) is 2. The summed E-state index contributed by atoms with van der Waals surface area (Å²) in [4.78, 5) is 2.48. The van der Waals surface area contributed by atoms with E-state index >= 15 is 0 Å². The molecular formula is C13H19BrN2. The van der Waals surface area contributed by atoms with Gasteiger partial charge in [0.15, 0.2) is 0 Å². The lowest BCUT2D eigenvalue weighted by Crippen LogP contribution is -2.37. The van der Waals surface area contributed by atoms with E-state index in [9.17, 15) is 0 Å². The van der Waals surface area contributed by atoms with Crippen LogP contribution in [0.4, 0.5) is 0 Å². The highest BCUT2D eigenvalue weighted by molar-refractivity contribution is 9.10. The molecule has 0 radical (unpaired) electrons. The van der Waals surface area contributed by atoms with Crippen LogP contribution in [0.2, 0.25) is 0 Å². The molecule has 1 aromatic carbocycles. The van der Waals surface area contributed by atoms with Crippen LogP contribution < -0.4 is 5.73 Å². The molecule has 1 atom stereocenters. The van der Waals surface area contributed by atoms with E-state index in [-0.39, 0.29) is 6.04 Å². The van der Waals surface area contributed by atoms with Gasteiger partial charge in [-0.25, -0.2) is 0 Å². The van der Waals surface area contributed by atoms with Gasteiger partial charge in [-0.05, 0) is 50.0 Å². The van der Waals surface area contributed by atoms with E-state index in [0.717, 1.165) is 17.4 Å². The van der Waals surface area contributed by atoms with Gasteiger partial charge in [0.05, 0.1) is 0 Å². The Labute approximate surface area is 106 Å². The fourth-order valence-electron chi connectivity index (χ4n) is 2.28. The first-order chi connectivity index (χ1) is 7.74. The summed E-state index contributed by atoms with van der Waals surface area (Å²) in [6.07, 6.45) is 3.65. The molecule has 1 aliphatic heterocycles. The maximum Gasteiger partial charge on any atom is 0.0208 e. The fraction of sp³-hybridized carbons (Fsp3) is 0.538. The van der Waals surface area contributed by atoms with Crippen molar-refractivity contribution in [3.63, 3.8) is 0 Å². The Kier molecular flexibility index (Phi) is 4.38. The Morgan fingerprint density at radius 2 is 1.81 bits per heavy atom. The maximum absolute atomic E-state index is 6.17. The molecule has 0 aliphatic carbocycles. The predicted molar refractivity (Wildman–Crippen MR) is 71.5 cm³/mol. The van der Waals surface area contributed by atoms with Gasteiger partial charge in [-0.1, -0.05) is 28.1 Å². The molecule has 2 rings (SSSR count). The van der Waals surface area contributed by atoms with Crippen molar-refractivity contribution in [2.45, 2.75) is 25.3 Å². The van der Waals surface area contributed by atoms with Crippen molar-refractivity contribution in [1.29, 1.82) is 0 Å². The molecular weight excluding hydrogens is 264 g/mol. The number of likely N-dealkylation sites (tertiary alicyclic amines) is 1.